The van der Waals surface area contributed by atoms with Crippen molar-refractivity contribution in [2.75, 3.05) is 6.54 Å². The van der Waals surface area contributed by atoms with E-state index in [1.54, 1.807) is 0 Å². The first-order valence-electron chi connectivity index (χ1n) is 7.93. The largest absolute Gasteiger partial charge is 0.326 e. The first kappa shape index (κ1) is 17.2. The van der Waals surface area contributed by atoms with Crippen LogP contribution in [0.3, 0.4) is 0 Å². The van der Waals surface area contributed by atoms with Gasteiger partial charge >= 0.3 is 6.03 Å². The lowest BCUT2D eigenvalue weighted by Gasteiger charge is -2.15. The molecule has 1 aliphatic heterocycles. The molecule has 1 atom stereocenters. The van der Waals surface area contributed by atoms with Gasteiger partial charge in [-0.1, -0.05) is 19.9 Å². The lowest BCUT2D eigenvalue weighted by molar-refractivity contribution is -0.127. The van der Waals surface area contributed by atoms with Gasteiger partial charge in [0.05, 0.1) is 6.54 Å². The summed E-state index contributed by atoms with van der Waals surface area (Å²) in [4.78, 5) is 37.9. The van der Waals surface area contributed by atoms with Crippen molar-refractivity contribution < 1.29 is 14.4 Å². The van der Waals surface area contributed by atoms with E-state index in [9.17, 15) is 14.4 Å². The number of benzene rings is 1. The number of Topliss-reactive ketones (excluding diaryl/α,β-unsaturated/α-hetero) is 1. The molecule has 0 saturated carbocycles. The van der Waals surface area contributed by atoms with Gasteiger partial charge in [-0.3, -0.25) is 14.5 Å². The minimum absolute atomic E-state index is 0.206. The van der Waals surface area contributed by atoms with E-state index >= 15 is 0 Å². The van der Waals surface area contributed by atoms with Crippen LogP contribution in [0.1, 0.15) is 47.3 Å². The molecule has 0 aromatic heterocycles. The molecular formula is C18H24N2O3. The number of imide groups is 1. The second-order valence-electron chi connectivity index (χ2n) is 6.73. The van der Waals surface area contributed by atoms with E-state index in [2.05, 4.69) is 5.32 Å². The van der Waals surface area contributed by atoms with Crippen LogP contribution in [0.2, 0.25) is 0 Å². The molecular weight excluding hydrogens is 292 g/mol. The molecule has 0 unspecified atom stereocenters. The van der Waals surface area contributed by atoms with Crippen LogP contribution >= 0.6 is 0 Å². The zero-order chi connectivity index (χ0) is 17.3. The topological polar surface area (TPSA) is 66.5 Å². The molecule has 23 heavy (non-hydrogen) atoms. The molecule has 5 heteroatoms. The molecule has 1 N–H and O–H groups in total. The summed E-state index contributed by atoms with van der Waals surface area (Å²) in [6, 6.07) is 2.79. The molecule has 1 aromatic carbocycles. The molecule has 1 saturated heterocycles. The van der Waals surface area contributed by atoms with Gasteiger partial charge in [0, 0.05) is 5.56 Å². The third kappa shape index (κ3) is 3.60. The average molecular weight is 316 g/mol. The molecule has 1 aromatic rings. The summed E-state index contributed by atoms with van der Waals surface area (Å²) in [6.45, 7) is 9.58. The number of carbonyl (C=O) groups is 3. The number of hydrogen-bond acceptors (Lipinski definition) is 3. The monoisotopic (exact) mass is 316 g/mol. The van der Waals surface area contributed by atoms with Gasteiger partial charge in [0.1, 0.15) is 6.04 Å². The molecule has 2 rings (SSSR count). The molecule has 1 aliphatic rings. The smallest absolute Gasteiger partial charge is 0.325 e. The van der Waals surface area contributed by atoms with Crippen molar-refractivity contribution in [3.8, 4) is 0 Å². The molecule has 0 spiro atoms. The van der Waals surface area contributed by atoms with Crippen LogP contribution in [0.15, 0.2) is 12.1 Å². The Balaban J connectivity index is 2.16. The van der Waals surface area contributed by atoms with Crippen LogP contribution in [0.5, 0.6) is 0 Å². The summed E-state index contributed by atoms with van der Waals surface area (Å²) in [5, 5.41) is 2.66. The van der Waals surface area contributed by atoms with E-state index in [0.29, 0.717) is 17.9 Å². The summed E-state index contributed by atoms with van der Waals surface area (Å²) in [6.07, 6.45) is 0.581. The van der Waals surface area contributed by atoms with Crippen molar-refractivity contribution in [1.82, 2.24) is 10.2 Å². The highest BCUT2D eigenvalue weighted by atomic mass is 16.2. The van der Waals surface area contributed by atoms with E-state index in [0.717, 1.165) is 21.6 Å². The molecule has 3 amide bonds. The molecule has 0 radical (unpaired) electrons. The number of amides is 3. The van der Waals surface area contributed by atoms with E-state index in [4.69, 9.17) is 0 Å². The summed E-state index contributed by atoms with van der Waals surface area (Å²) in [5.41, 5.74) is 3.57. The van der Waals surface area contributed by atoms with Gasteiger partial charge in [0.15, 0.2) is 5.78 Å². The van der Waals surface area contributed by atoms with Crippen LogP contribution in [0.25, 0.3) is 0 Å². The van der Waals surface area contributed by atoms with E-state index in [-0.39, 0.29) is 18.2 Å². The second kappa shape index (κ2) is 6.52. The lowest BCUT2D eigenvalue weighted by Crippen LogP contribution is -2.36. The predicted molar refractivity (Wildman–Crippen MR) is 88.5 cm³/mol. The highest BCUT2D eigenvalue weighted by Crippen LogP contribution is 2.18. The molecule has 1 fully saturated rings. The van der Waals surface area contributed by atoms with E-state index in [1.165, 1.54) is 0 Å². The predicted octanol–water partition coefficient (Wildman–Crippen LogP) is 2.76. The highest BCUT2D eigenvalue weighted by molar-refractivity contribution is 6.09. The van der Waals surface area contributed by atoms with Crippen molar-refractivity contribution >= 4 is 17.7 Å². The van der Waals surface area contributed by atoms with Gasteiger partial charge in [0.25, 0.3) is 5.91 Å². The second-order valence-corrected chi connectivity index (χ2v) is 6.73. The summed E-state index contributed by atoms with van der Waals surface area (Å²) in [7, 11) is 0. The minimum atomic E-state index is -0.517. The summed E-state index contributed by atoms with van der Waals surface area (Å²) in [5.74, 6) is -0.222. The van der Waals surface area contributed by atoms with Crippen molar-refractivity contribution in [3.63, 3.8) is 0 Å². The Morgan fingerprint density at radius 3 is 2.35 bits per heavy atom. The summed E-state index contributed by atoms with van der Waals surface area (Å²) >= 11 is 0. The Morgan fingerprint density at radius 1 is 1.13 bits per heavy atom. The molecule has 0 bridgehead atoms. The van der Waals surface area contributed by atoms with Gasteiger partial charge < -0.3 is 5.32 Å². The molecule has 1 heterocycles. The van der Waals surface area contributed by atoms with Gasteiger partial charge in [-0.2, -0.15) is 0 Å². The van der Waals surface area contributed by atoms with Crippen molar-refractivity contribution in [3.05, 3.63) is 34.4 Å². The number of hydrogen-bond donors (Lipinski definition) is 1. The van der Waals surface area contributed by atoms with E-state index < -0.39 is 12.1 Å². The fourth-order valence-electron chi connectivity index (χ4n) is 2.85. The number of ketones is 1. The maximum Gasteiger partial charge on any atom is 0.325 e. The third-order valence-corrected chi connectivity index (χ3v) is 4.26. The normalized spacial score (nSPS) is 17.8. The highest BCUT2D eigenvalue weighted by Gasteiger charge is 2.39. The quantitative estimate of drug-likeness (QED) is 0.671. The summed E-state index contributed by atoms with van der Waals surface area (Å²) < 4.78 is 0. The molecule has 5 nitrogen and oxygen atoms in total. The number of carbonyl (C=O) groups excluding carboxylic acids is 3. The van der Waals surface area contributed by atoms with Crippen LogP contribution in [-0.4, -0.2) is 35.2 Å². The fourth-order valence-corrected chi connectivity index (χ4v) is 2.85. The van der Waals surface area contributed by atoms with Crippen LogP contribution in [0, 0.1) is 26.7 Å². The van der Waals surface area contributed by atoms with Crippen molar-refractivity contribution in [2.45, 2.75) is 47.1 Å². The minimum Gasteiger partial charge on any atom is -0.326 e. The first-order valence-corrected chi connectivity index (χ1v) is 7.93. The molecule has 124 valence electrons. The van der Waals surface area contributed by atoms with Gasteiger partial charge in [0.2, 0.25) is 0 Å². The maximum absolute atomic E-state index is 12.5. The zero-order valence-electron chi connectivity index (χ0n) is 14.4. The Bertz CT molecular complexity index is 664. The Labute approximate surface area is 137 Å². The molecule has 0 aliphatic carbocycles. The Kier molecular flexibility index (Phi) is 4.88. The van der Waals surface area contributed by atoms with Gasteiger partial charge in [-0.25, -0.2) is 4.79 Å². The number of rotatable bonds is 5. The zero-order valence-corrected chi connectivity index (χ0v) is 14.4. The number of urea groups is 1. The van der Waals surface area contributed by atoms with Crippen molar-refractivity contribution in [2.24, 2.45) is 5.92 Å². The standard InChI is InChI=1S/C18H24N2O3/c1-10(2)6-15-17(22)20(18(23)19-15)9-16(21)14-8-12(4)11(3)7-13(14)5/h7-8,10,15H,6,9H2,1-5H3,(H,19,23)/t15-/m0/s1. The number of nitrogens with one attached hydrogen (secondary N) is 1. The van der Waals surface area contributed by atoms with Crippen LogP contribution in [-0.2, 0) is 4.79 Å². The SMILES string of the molecule is Cc1cc(C)c(C(=O)CN2C(=O)N[C@@H](CC(C)C)C2=O)cc1C. The number of aryl methyl sites for hydroxylation is 3. The Morgan fingerprint density at radius 2 is 1.74 bits per heavy atom. The third-order valence-electron chi connectivity index (χ3n) is 4.26. The Hall–Kier alpha value is -2.17. The van der Waals surface area contributed by atoms with Gasteiger partial charge in [-0.15, -0.1) is 0 Å². The van der Waals surface area contributed by atoms with Crippen LogP contribution < -0.4 is 5.32 Å². The van der Waals surface area contributed by atoms with Gasteiger partial charge in [-0.05, 0) is 55.9 Å². The average Bonchev–Trinajstić information content (AvgIpc) is 2.69. The lowest BCUT2D eigenvalue weighted by atomic mass is 9.98. The van der Waals surface area contributed by atoms with Crippen molar-refractivity contribution in [1.29, 1.82) is 0 Å². The first-order chi connectivity index (χ1) is 10.7. The van der Waals surface area contributed by atoms with Crippen LogP contribution in [0.4, 0.5) is 4.79 Å². The fraction of sp³-hybridized carbons (Fsp3) is 0.500. The van der Waals surface area contributed by atoms with E-state index in [1.807, 2.05) is 46.8 Å². The number of nitrogens with zero attached hydrogens (tertiary/aromatic N) is 1. The maximum atomic E-state index is 12.5.